The quantitative estimate of drug-likeness (QED) is 0.336. The van der Waals surface area contributed by atoms with Gasteiger partial charge in [0.2, 0.25) is 0 Å². The van der Waals surface area contributed by atoms with Gasteiger partial charge in [-0.1, -0.05) is 48.5 Å². The molecule has 1 unspecified atom stereocenters. The number of hydrogen-bond donors (Lipinski definition) is 0. The molecule has 0 saturated carbocycles. The van der Waals surface area contributed by atoms with Crippen LogP contribution in [0.3, 0.4) is 0 Å². The molecule has 3 aromatic rings. The Labute approximate surface area is 206 Å². The molecule has 6 nitrogen and oxygen atoms in total. The van der Waals surface area contributed by atoms with Crippen LogP contribution in [0.5, 0.6) is 5.75 Å². The molecule has 182 valence electrons. The van der Waals surface area contributed by atoms with Crippen molar-refractivity contribution in [1.82, 2.24) is 0 Å². The zero-order valence-electron chi connectivity index (χ0n) is 20.0. The van der Waals surface area contributed by atoms with Gasteiger partial charge in [-0.2, -0.15) is 0 Å². The first kappa shape index (κ1) is 24.3. The predicted molar refractivity (Wildman–Crippen MR) is 135 cm³/mol. The first-order chi connectivity index (χ1) is 17.2. The van der Waals surface area contributed by atoms with E-state index in [4.69, 9.17) is 14.2 Å². The number of nitrogens with zero attached hydrogens (tertiary/aromatic N) is 1. The number of anilines is 2. The van der Waals surface area contributed by atoms with Gasteiger partial charge in [0, 0.05) is 0 Å². The summed E-state index contributed by atoms with van der Waals surface area (Å²) in [5.74, 6) is 0.627. The summed E-state index contributed by atoms with van der Waals surface area (Å²) < 4.78 is 16.5. The minimum atomic E-state index is -0.398. The van der Waals surface area contributed by atoms with Crippen molar-refractivity contribution in [3.63, 3.8) is 0 Å². The van der Waals surface area contributed by atoms with E-state index in [2.05, 4.69) is 6.07 Å². The predicted octanol–water partition coefficient (Wildman–Crippen LogP) is 6.41. The second-order valence-corrected chi connectivity index (χ2v) is 8.42. The van der Waals surface area contributed by atoms with E-state index in [1.54, 1.807) is 11.8 Å². The Kier molecular flexibility index (Phi) is 8.39. The molecule has 1 aliphatic carbocycles. The first-order valence-electron chi connectivity index (χ1n) is 12.1. The number of amides is 1. The average molecular weight is 474 g/mol. The van der Waals surface area contributed by atoms with Crippen molar-refractivity contribution in [1.29, 1.82) is 0 Å². The Morgan fingerprint density at radius 2 is 1.57 bits per heavy atom. The molecule has 3 aromatic carbocycles. The van der Waals surface area contributed by atoms with E-state index in [1.807, 2.05) is 72.8 Å². The number of hydrogen-bond acceptors (Lipinski definition) is 5. The lowest BCUT2D eigenvalue weighted by Crippen LogP contribution is -2.27. The standard InChI is InChI=1S/C29H31NO5/c1-2-33-28(31)21-35-27-18-10-16-25-22(11-9-17-26(25)27)19-20-34-29(32)30(23-12-5-3-6-13-23)24-14-7-4-8-15-24/h3-8,10,12-16,18,22H,2,9,11,17,19-21H2,1H3. The van der Waals surface area contributed by atoms with Crippen LogP contribution >= 0.6 is 0 Å². The lowest BCUT2D eigenvalue weighted by atomic mass is 9.81. The zero-order valence-corrected chi connectivity index (χ0v) is 20.0. The molecule has 0 heterocycles. The summed E-state index contributed by atoms with van der Waals surface area (Å²) in [5.41, 5.74) is 3.86. The van der Waals surface area contributed by atoms with E-state index in [9.17, 15) is 9.59 Å². The number of rotatable bonds is 9. The lowest BCUT2D eigenvalue weighted by Gasteiger charge is -2.28. The Morgan fingerprint density at radius 3 is 2.23 bits per heavy atom. The van der Waals surface area contributed by atoms with Crippen LogP contribution in [-0.4, -0.2) is 31.9 Å². The van der Waals surface area contributed by atoms with Crippen LogP contribution < -0.4 is 9.64 Å². The summed E-state index contributed by atoms with van der Waals surface area (Å²) >= 11 is 0. The van der Waals surface area contributed by atoms with Crippen molar-refractivity contribution in [3.8, 4) is 5.75 Å². The number of benzene rings is 3. The van der Waals surface area contributed by atoms with Crippen LogP contribution in [0.15, 0.2) is 78.9 Å². The topological polar surface area (TPSA) is 65.1 Å². The van der Waals surface area contributed by atoms with Gasteiger partial charge in [-0.05, 0) is 80.0 Å². The third kappa shape index (κ3) is 6.21. The molecule has 0 saturated heterocycles. The number of fused-ring (bicyclic) bond motifs is 1. The fourth-order valence-corrected chi connectivity index (χ4v) is 4.55. The van der Waals surface area contributed by atoms with E-state index in [0.717, 1.165) is 48.4 Å². The Balaban J connectivity index is 1.41. The maximum Gasteiger partial charge on any atom is 0.418 e. The van der Waals surface area contributed by atoms with Crippen LogP contribution in [-0.2, 0) is 20.7 Å². The van der Waals surface area contributed by atoms with Gasteiger partial charge in [0.1, 0.15) is 5.75 Å². The molecule has 0 fully saturated rings. The highest BCUT2D eigenvalue weighted by Crippen LogP contribution is 2.38. The molecule has 0 spiro atoms. The van der Waals surface area contributed by atoms with Crippen LogP contribution in [0, 0.1) is 0 Å². The number of para-hydroxylation sites is 2. The summed E-state index contributed by atoms with van der Waals surface area (Å²) in [4.78, 5) is 26.4. The Hall–Kier alpha value is -3.80. The molecule has 0 aromatic heterocycles. The van der Waals surface area contributed by atoms with Crippen molar-refractivity contribution in [2.45, 2.75) is 38.5 Å². The average Bonchev–Trinajstić information content (AvgIpc) is 2.89. The SMILES string of the molecule is CCOC(=O)COc1cccc2c1CCCC2CCOC(=O)N(c1ccccc1)c1ccccc1. The molecule has 0 bridgehead atoms. The van der Waals surface area contributed by atoms with Gasteiger partial charge in [0.05, 0.1) is 24.6 Å². The summed E-state index contributed by atoms with van der Waals surface area (Å²) in [6.45, 7) is 2.33. The molecular formula is C29H31NO5. The third-order valence-electron chi connectivity index (χ3n) is 6.14. The maximum absolute atomic E-state index is 13.1. The van der Waals surface area contributed by atoms with Crippen molar-refractivity contribution in [2.24, 2.45) is 0 Å². The van der Waals surface area contributed by atoms with E-state index in [1.165, 1.54) is 5.56 Å². The van der Waals surface area contributed by atoms with Gasteiger partial charge in [0.25, 0.3) is 0 Å². The highest BCUT2D eigenvalue weighted by atomic mass is 16.6. The van der Waals surface area contributed by atoms with Crippen molar-refractivity contribution < 1.29 is 23.8 Å². The molecule has 0 aliphatic heterocycles. The van der Waals surface area contributed by atoms with E-state index in [-0.39, 0.29) is 18.5 Å². The van der Waals surface area contributed by atoms with E-state index < -0.39 is 6.09 Å². The summed E-state index contributed by atoms with van der Waals surface area (Å²) in [7, 11) is 0. The van der Waals surface area contributed by atoms with Crippen LogP contribution in [0.1, 0.15) is 43.2 Å². The van der Waals surface area contributed by atoms with E-state index >= 15 is 0 Å². The largest absolute Gasteiger partial charge is 0.482 e. The minimum absolute atomic E-state index is 0.0959. The normalized spacial score (nSPS) is 14.5. The van der Waals surface area contributed by atoms with Gasteiger partial charge >= 0.3 is 12.1 Å². The summed E-state index contributed by atoms with van der Waals surface area (Å²) in [5, 5.41) is 0. The summed E-state index contributed by atoms with van der Waals surface area (Å²) in [6, 6.07) is 25.0. The monoisotopic (exact) mass is 473 g/mol. The second-order valence-electron chi connectivity index (χ2n) is 8.42. The van der Waals surface area contributed by atoms with Crippen LogP contribution in [0.4, 0.5) is 16.2 Å². The fourth-order valence-electron chi connectivity index (χ4n) is 4.55. The molecule has 1 amide bonds. The van der Waals surface area contributed by atoms with Gasteiger partial charge < -0.3 is 14.2 Å². The molecule has 6 heteroatoms. The molecule has 0 N–H and O–H groups in total. The second kappa shape index (κ2) is 12.1. The van der Waals surface area contributed by atoms with Crippen molar-refractivity contribution in [3.05, 3.63) is 90.0 Å². The van der Waals surface area contributed by atoms with Crippen molar-refractivity contribution >= 4 is 23.4 Å². The van der Waals surface area contributed by atoms with Crippen molar-refractivity contribution in [2.75, 3.05) is 24.7 Å². The first-order valence-corrected chi connectivity index (χ1v) is 12.1. The number of carbonyl (C=O) groups is 2. The van der Waals surface area contributed by atoms with E-state index in [0.29, 0.717) is 13.2 Å². The van der Waals surface area contributed by atoms with Crippen LogP contribution in [0.25, 0.3) is 0 Å². The summed E-state index contributed by atoms with van der Waals surface area (Å²) in [6.07, 6.45) is 3.26. The Morgan fingerprint density at radius 1 is 0.886 bits per heavy atom. The molecule has 1 aliphatic rings. The molecule has 35 heavy (non-hydrogen) atoms. The third-order valence-corrected chi connectivity index (χ3v) is 6.14. The molecule has 1 atom stereocenters. The van der Waals surface area contributed by atoms with Crippen LogP contribution in [0.2, 0.25) is 0 Å². The molecule has 0 radical (unpaired) electrons. The molecular weight excluding hydrogens is 442 g/mol. The highest BCUT2D eigenvalue weighted by Gasteiger charge is 2.25. The number of ether oxygens (including phenoxy) is 3. The van der Waals surface area contributed by atoms with Gasteiger partial charge in [-0.25, -0.2) is 14.5 Å². The minimum Gasteiger partial charge on any atom is -0.482 e. The Bertz CT molecular complexity index is 1080. The molecule has 4 rings (SSSR count). The maximum atomic E-state index is 13.1. The highest BCUT2D eigenvalue weighted by molar-refractivity contribution is 5.95. The van der Waals surface area contributed by atoms with Gasteiger partial charge in [-0.3, -0.25) is 0 Å². The smallest absolute Gasteiger partial charge is 0.418 e. The lowest BCUT2D eigenvalue weighted by molar-refractivity contribution is -0.145. The van der Waals surface area contributed by atoms with Gasteiger partial charge in [-0.15, -0.1) is 0 Å². The fraction of sp³-hybridized carbons (Fsp3) is 0.310. The van der Waals surface area contributed by atoms with Gasteiger partial charge in [0.15, 0.2) is 6.61 Å². The number of esters is 1. The zero-order chi connectivity index (χ0) is 24.5. The number of carbonyl (C=O) groups excluding carboxylic acids is 2.